The van der Waals surface area contributed by atoms with Gasteiger partial charge in [-0.15, -0.1) is 11.3 Å². The number of methoxy groups -OCH3 is 1. The molecule has 0 atom stereocenters. The molecule has 0 fully saturated rings. The molecule has 0 aliphatic rings. The van der Waals surface area contributed by atoms with E-state index in [9.17, 15) is 5.26 Å². The van der Waals surface area contributed by atoms with Crippen LogP contribution >= 0.6 is 11.3 Å². The summed E-state index contributed by atoms with van der Waals surface area (Å²) in [5, 5.41) is 12.1. The molecule has 0 saturated carbocycles. The summed E-state index contributed by atoms with van der Waals surface area (Å²) in [5.74, 6) is 0.808. The maximum absolute atomic E-state index is 9.42. The first-order valence-corrected chi connectivity index (χ1v) is 8.62. The van der Waals surface area contributed by atoms with Gasteiger partial charge >= 0.3 is 0 Å². The van der Waals surface area contributed by atoms with Crippen LogP contribution in [0.4, 0.5) is 0 Å². The Balaban J connectivity index is 1.80. The molecule has 0 spiro atoms. The molecule has 0 radical (unpaired) electrons. The van der Waals surface area contributed by atoms with Crippen molar-refractivity contribution in [2.24, 2.45) is 0 Å². The van der Waals surface area contributed by atoms with Crippen LogP contribution < -0.4 is 4.74 Å². The third kappa shape index (κ3) is 4.23. The van der Waals surface area contributed by atoms with Gasteiger partial charge in [-0.05, 0) is 35.9 Å². The highest BCUT2D eigenvalue weighted by molar-refractivity contribution is 7.11. The molecule has 0 saturated heterocycles. The van der Waals surface area contributed by atoms with Gasteiger partial charge in [0.15, 0.2) is 0 Å². The Morgan fingerprint density at radius 1 is 1.12 bits per heavy atom. The molecule has 1 heterocycles. The molecule has 1 aromatic heterocycles. The van der Waals surface area contributed by atoms with Gasteiger partial charge in [-0.3, -0.25) is 0 Å². The van der Waals surface area contributed by atoms with E-state index in [-0.39, 0.29) is 0 Å². The van der Waals surface area contributed by atoms with E-state index in [2.05, 4.69) is 11.1 Å². The first-order valence-electron chi connectivity index (χ1n) is 7.74. The molecule has 0 N–H and O–H groups in total. The fourth-order valence-electron chi connectivity index (χ4n) is 2.27. The third-order valence-electron chi connectivity index (χ3n) is 3.59. The molecule has 0 unspecified atom stereocenters. The van der Waals surface area contributed by atoms with Crippen molar-refractivity contribution >= 4 is 23.0 Å². The average Bonchev–Trinajstić information content (AvgIpc) is 3.16. The van der Waals surface area contributed by atoms with Crippen molar-refractivity contribution in [1.29, 1.82) is 5.26 Å². The molecule has 122 valence electrons. The van der Waals surface area contributed by atoms with Crippen LogP contribution in [-0.4, -0.2) is 12.1 Å². The van der Waals surface area contributed by atoms with Crippen LogP contribution in [0.3, 0.4) is 0 Å². The minimum absolute atomic E-state index is 0.553. The molecular weight excluding hydrogens is 328 g/mol. The summed E-state index contributed by atoms with van der Waals surface area (Å²) >= 11 is 1.47. The molecule has 0 aliphatic heterocycles. The summed E-state index contributed by atoms with van der Waals surface area (Å²) in [5.41, 5.74) is 3.50. The Labute approximate surface area is 151 Å². The average molecular weight is 344 g/mol. The zero-order valence-corrected chi connectivity index (χ0v) is 14.5. The van der Waals surface area contributed by atoms with Gasteiger partial charge in [0.1, 0.15) is 16.8 Å². The largest absolute Gasteiger partial charge is 0.497 e. The molecule has 0 aliphatic carbocycles. The van der Waals surface area contributed by atoms with Crippen LogP contribution in [0.2, 0.25) is 0 Å². The molecule has 3 rings (SSSR count). The summed E-state index contributed by atoms with van der Waals surface area (Å²) in [4.78, 5) is 4.59. The topological polar surface area (TPSA) is 45.9 Å². The van der Waals surface area contributed by atoms with E-state index in [1.165, 1.54) is 11.3 Å². The predicted molar refractivity (Wildman–Crippen MR) is 103 cm³/mol. The van der Waals surface area contributed by atoms with Gasteiger partial charge in [0.2, 0.25) is 0 Å². The van der Waals surface area contributed by atoms with Crippen LogP contribution in [0, 0.1) is 11.3 Å². The van der Waals surface area contributed by atoms with Crippen LogP contribution in [0.25, 0.3) is 22.9 Å². The fraction of sp³-hybridized carbons (Fsp3) is 0.0476. The number of hydrogen-bond donors (Lipinski definition) is 0. The van der Waals surface area contributed by atoms with Gasteiger partial charge in [-0.2, -0.15) is 5.26 Å². The maximum atomic E-state index is 9.42. The lowest BCUT2D eigenvalue weighted by atomic mass is 10.1. The number of benzene rings is 2. The van der Waals surface area contributed by atoms with Crippen molar-refractivity contribution in [2.45, 2.75) is 0 Å². The first-order chi connectivity index (χ1) is 12.3. The Bertz CT molecular complexity index is 932. The minimum Gasteiger partial charge on any atom is -0.497 e. The van der Waals surface area contributed by atoms with Gasteiger partial charge in [0.25, 0.3) is 0 Å². The maximum Gasteiger partial charge on any atom is 0.134 e. The van der Waals surface area contributed by atoms with Crippen molar-refractivity contribution in [2.75, 3.05) is 7.11 Å². The number of nitriles is 1. The highest BCUT2D eigenvalue weighted by atomic mass is 32.1. The molecule has 3 nitrogen and oxygen atoms in total. The Morgan fingerprint density at radius 3 is 2.56 bits per heavy atom. The first kappa shape index (κ1) is 16.7. The van der Waals surface area contributed by atoms with E-state index < -0.39 is 0 Å². The number of hydrogen-bond acceptors (Lipinski definition) is 4. The van der Waals surface area contributed by atoms with Gasteiger partial charge in [0.05, 0.1) is 18.4 Å². The Morgan fingerprint density at radius 2 is 1.88 bits per heavy atom. The van der Waals surface area contributed by atoms with Crippen LogP contribution in [0.5, 0.6) is 5.75 Å². The third-order valence-corrected chi connectivity index (χ3v) is 4.47. The molecule has 0 bridgehead atoms. The second-order valence-electron chi connectivity index (χ2n) is 5.23. The van der Waals surface area contributed by atoms with Crippen molar-refractivity contribution in [3.8, 4) is 23.1 Å². The monoisotopic (exact) mass is 344 g/mol. The zero-order valence-electron chi connectivity index (χ0n) is 13.7. The lowest BCUT2D eigenvalue weighted by Gasteiger charge is -2.00. The summed E-state index contributed by atoms with van der Waals surface area (Å²) in [6.07, 6.45) is 5.64. The van der Waals surface area contributed by atoms with Gasteiger partial charge in [-0.1, -0.05) is 42.5 Å². The van der Waals surface area contributed by atoms with E-state index in [0.29, 0.717) is 10.6 Å². The van der Waals surface area contributed by atoms with Gasteiger partial charge < -0.3 is 4.74 Å². The Hall–Kier alpha value is -3.16. The van der Waals surface area contributed by atoms with E-state index in [4.69, 9.17) is 4.74 Å². The minimum atomic E-state index is 0.553. The molecule has 2 aromatic carbocycles. The van der Waals surface area contributed by atoms with Crippen molar-refractivity contribution < 1.29 is 4.74 Å². The Kier molecular flexibility index (Phi) is 5.40. The number of allylic oxidation sites excluding steroid dienone is 3. The van der Waals surface area contributed by atoms with E-state index in [0.717, 1.165) is 22.6 Å². The number of ether oxygens (including phenoxy) is 1. The fourth-order valence-corrected chi connectivity index (χ4v) is 3.07. The second kappa shape index (κ2) is 8.09. The lowest BCUT2D eigenvalue weighted by Crippen LogP contribution is -1.84. The number of thiazole rings is 1. The quantitative estimate of drug-likeness (QED) is 0.457. The molecule has 4 heteroatoms. The molecule has 3 aromatic rings. The zero-order chi connectivity index (χ0) is 17.5. The van der Waals surface area contributed by atoms with Crippen LogP contribution in [-0.2, 0) is 0 Å². The van der Waals surface area contributed by atoms with Crippen LogP contribution in [0.15, 0.2) is 72.1 Å². The van der Waals surface area contributed by atoms with Gasteiger partial charge in [-0.25, -0.2) is 4.98 Å². The second-order valence-corrected chi connectivity index (χ2v) is 6.09. The highest BCUT2D eigenvalue weighted by Gasteiger charge is 2.08. The van der Waals surface area contributed by atoms with Crippen molar-refractivity contribution in [3.05, 3.63) is 82.7 Å². The molecular formula is C21H16N2OS. The number of aromatic nitrogens is 1. The summed E-state index contributed by atoms with van der Waals surface area (Å²) < 4.78 is 5.17. The van der Waals surface area contributed by atoms with Crippen molar-refractivity contribution in [1.82, 2.24) is 4.98 Å². The summed E-state index contributed by atoms with van der Waals surface area (Å²) in [7, 11) is 1.64. The lowest BCUT2D eigenvalue weighted by molar-refractivity contribution is 0.415. The summed E-state index contributed by atoms with van der Waals surface area (Å²) in [6, 6.07) is 19.9. The number of rotatable bonds is 5. The van der Waals surface area contributed by atoms with E-state index in [1.807, 2.05) is 72.1 Å². The van der Waals surface area contributed by atoms with Crippen LogP contribution in [0.1, 0.15) is 10.6 Å². The normalized spacial score (nSPS) is 11.4. The summed E-state index contributed by atoms with van der Waals surface area (Å²) in [6.45, 7) is 0. The smallest absolute Gasteiger partial charge is 0.134 e. The number of nitrogens with zero attached hydrogens (tertiary/aromatic N) is 2. The van der Waals surface area contributed by atoms with E-state index >= 15 is 0 Å². The standard InChI is InChI=1S/C21H16N2OS/c1-24-19-12-10-17(11-13-19)20-15-25-21(23-20)18(14-22)9-5-8-16-6-3-2-4-7-16/h2-13,15H,1H3. The SMILES string of the molecule is COc1ccc(-c2csc(C(C#N)=CC=Cc3ccccc3)n2)cc1. The highest BCUT2D eigenvalue weighted by Crippen LogP contribution is 2.27. The molecule has 0 amide bonds. The van der Waals surface area contributed by atoms with E-state index in [1.54, 1.807) is 13.2 Å². The van der Waals surface area contributed by atoms with Crippen molar-refractivity contribution in [3.63, 3.8) is 0 Å². The van der Waals surface area contributed by atoms with Gasteiger partial charge in [0, 0.05) is 10.9 Å². The molecule has 25 heavy (non-hydrogen) atoms. The predicted octanol–water partition coefficient (Wildman–Crippen LogP) is 5.44.